The minimum absolute atomic E-state index is 0.0952. The number of hydrogen-bond acceptors (Lipinski definition) is 5. The van der Waals surface area contributed by atoms with Gasteiger partial charge in [0.2, 0.25) is 5.91 Å². The number of benzene rings is 1. The average molecular weight is 370 g/mol. The molecule has 142 valence electrons. The van der Waals surface area contributed by atoms with E-state index in [-0.39, 0.29) is 23.8 Å². The Morgan fingerprint density at radius 1 is 1.26 bits per heavy atom. The first kappa shape index (κ1) is 17.7. The van der Waals surface area contributed by atoms with Gasteiger partial charge in [-0.2, -0.15) is 0 Å². The van der Waals surface area contributed by atoms with Crippen LogP contribution in [0.1, 0.15) is 24.6 Å². The molecule has 6 nitrogen and oxygen atoms in total. The van der Waals surface area contributed by atoms with Crippen LogP contribution >= 0.6 is 0 Å². The highest BCUT2D eigenvalue weighted by Gasteiger charge is 2.47. The lowest BCUT2D eigenvalue weighted by Crippen LogP contribution is -2.70. The van der Waals surface area contributed by atoms with Crippen molar-refractivity contribution in [3.05, 3.63) is 47.7 Å². The van der Waals surface area contributed by atoms with Crippen molar-refractivity contribution in [1.29, 1.82) is 0 Å². The van der Waals surface area contributed by atoms with Gasteiger partial charge in [0.15, 0.2) is 11.6 Å². The fourth-order valence-corrected chi connectivity index (χ4v) is 4.16. The van der Waals surface area contributed by atoms with Crippen LogP contribution in [0.2, 0.25) is 0 Å². The van der Waals surface area contributed by atoms with E-state index in [1.807, 2.05) is 41.0 Å². The van der Waals surface area contributed by atoms with Gasteiger partial charge in [0, 0.05) is 18.7 Å². The summed E-state index contributed by atoms with van der Waals surface area (Å²) in [7, 11) is 1.61. The molecule has 0 aliphatic carbocycles. The zero-order valence-electron chi connectivity index (χ0n) is 15.6. The fraction of sp³-hybridized carbons (Fsp3) is 0.450. The van der Waals surface area contributed by atoms with E-state index in [1.54, 1.807) is 7.11 Å². The summed E-state index contributed by atoms with van der Waals surface area (Å²) in [6.07, 6.45) is 3.23. The van der Waals surface area contributed by atoms with Crippen LogP contribution in [0.4, 0.5) is 10.2 Å². The number of rotatable bonds is 5. The first-order chi connectivity index (χ1) is 13.1. The summed E-state index contributed by atoms with van der Waals surface area (Å²) < 4.78 is 19.9. The Morgan fingerprint density at radius 3 is 2.70 bits per heavy atom. The maximum atomic E-state index is 14.6. The molecule has 27 heavy (non-hydrogen) atoms. The number of nitrogens with zero attached hydrogens (tertiary/aromatic N) is 4. The fourth-order valence-electron chi connectivity index (χ4n) is 4.16. The molecule has 1 amide bonds. The van der Waals surface area contributed by atoms with Crippen molar-refractivity contribution in [2.75, 3.05) is 25.1 Å². The molecule has 7 heteroatoms. The molecule has 0 radical (unpaired) electrons. The van der Waals surface area contributed by atoms with Gasteiger partial charge in [-0.3, -0.25) is 4.79 Å². The van der Waals surface area contributed by atoms with Crippen LogP contribution in [0.15, 0.2) is 30.6 Å². The standard InChI is InChI=1S/C20H23FN4O2/c1-3-16-19(21)20(23-12-22-16)24-10-14-9-15(11-24)25(14)18(26)8-13-6-4-5-7-17(13)27-2/h4-7,12,14-15H,3,8-11H2,1-2H3. The number of halogens is 1. The molecule has 3 aliphatic heterocycles. The maximum Gasteiger partial charge on any atom is 0.227 e. The average Bonchev–Trinajstić information content (AvgIpc) is 2.68. The Labute approximate surface area is 158 Å². The summed E-state index contributed by atoms with van der Waals surface area (Å²) in [4.78, 5) is 24.9. The molecular weight excluding hydrogens is 347 g/mol. The van der Waals surface area contributed by atoms with Crippen LogP contribution in [0.5, 0.6) is 5.75 Å². The van der Waals surface area contributed by atoms with E-state index in [9.17, 15) is 9.18 Å². The summed E-state index contributed by atoms with van der Waals surface area (Å²) in [5.41, 5.74) is 1.32. The number of piperidine rings is 1. The monoisotopic (exact) mass is 370 g/mol. The molecule has 1 aromatic carbocycles. The minimum atomic E-state index is -0.340. The molecule has 3 saturated heterocycles. The van der Waals surface area contributed by atoms with Gasteiger partial charge in [-0.15, -0.1) is 0 Å². The molecule has 2 aromatic rings. The Balaban J connectivity index is 1.46. The van der Waals surface area contributed by atoms with Gasteiger partial charge in [-0.25, -0.2) is 14.4 Å². The Bertz CT molecular complexity index is 848. The van der Waals surface area contributed by atoms with Crippen molar-refractivity contribution >= 4 is 11.7 Å². The van der Waals surface area contributed by atoms with Gasteiger partial charge in [0.1, 0.15) is 12.1 Å². The van der Waals surface area contributed by atoms with Gasteiger partial charge >= 0.3 is 0 Å². The first-order valence-corrected chi connectivity index (χ1v) is 9.29. The number of anilines is 1. The number of amides is 1. The van der Waals surface area contributed by atoms with E-state index in [4.69, 9.17) is 4.74 Å². The molecule has 2 atom stereocenters. The summed E-state index contributed by atoms with van der Waals surface area (Å²) in [5.74, 6) is 0.840. The van der Waals surface area contributed by atoms with Crippen molar-refractivity contribution in [3.8, 4) is 5.75 Å². The highest BCUT2D eigenvalue weighted by Crippen LogP contribution is 2.36. The number of hydrogen-bond donors (Lipinski definition) is 0. The van der Waals surface area contributed by atoms with E-state index in [1.165, 1.54) is 6.33 Å². The Morgan fingerprint density at radius 2 is 2.00 bits per heavy atom. The molecule has 0 spiro atoms. The van der Waals surface area contributed by atoms with Gasteiger partial charge in [0.05, 0.1) is 31.3 Å². The minimum Gasteiger partial charge on any atom is -0.496 e. The van der Waals surface area contributed by atoms with Crippen LogP contribution in [-0.2, 0) is 17.6 Å². The van der Waals surface area contributed by atoms with E-state index >= 15 is 0 Å². The SMILES string of the molecule is CCc1ncnc(N2CC3CC(C2)N3C(=O)Cc2ccccc2OC)c1F. The van der Waals surface area contributed by atoms with Crippen LogP contribution in [0.3, 0.4) is 0 Å². The van der Waals surface area contributed by atoms with Gasteiger partial charge < -0.3 is 14.5 Å². The molecule has 2 unspecified atom stereocenters. The normalized spacial score (nSPS) is 21.0. The summed E-state index contributed by atoms with van der Waals surface area (Å²) >= 11 is 0. The predicted molar refractivity (Wildman–Crippen MR) is 99.3 cm³/mol. The number of carbonyl (C=O) groups is 1. The predicted octanol–water partition coefficient (Wildman–Crippen LogP) is 2.22. The third kappa shape index (κ3) is 3.11. The van der Waals surface area contributed by atoms with E-state index in [2.05, 4.69) is 9.97 Å². The number of ether oxygens (including phenoxy) is 1. The highest BCUT2D eigenvalue weighted by molar-refractivity contribution is 5.81. The topological polar surface area (TPSA) is 58.6 Å². The summed E-state index contributed by atoms with van der Waals surface area (Å²) in [5, 5.41) is 0. The second-order valence-electron chi connectivity index (χ2n) is 7.05. The molecule has 4 heterocycles. The lowest BCUT2D eigenvalue weighted by molar-refractivity contribution is -0.145. The van der Waals surface area contributed by atoms with E-state index < -0.39 is 0 Å². The van der Waals surface area contributed by atoms with Crippen LogP contribution in [-0.4, -0.2) is 53.1 Å². The number of para-hydroxylation sites is 1. The van der Waals surface area contributed by atoms with Crippen molar-refractivity contribution < 1.29 is 13.9 Å². The molecule has 0 N–H and O–H groups in total. The third-order valence-corrected chi connectivity index (χ3v) is 5.49. The largest absolute Gasteiger partial charge is 0.496 e. The van der Waals surface area contributed by atoms with Gasteiger partial charge in [-0.05, 0) is 18.9 Å². The quantitative estimate of drug-likeness (QED) is 0.808. The van der Waals surface area contributed by atoms with Gasteiger partial charge in [-0.1, -0.05) is 25.1 Å². The molecule has 3 aliphatic rings. The van der Waals surface area contributed by atoms with Gasteiger partial charge in [0.25, 0.3) is 0 Å². The zero-order valence-corrected chi connectivity index (χ0v) is 15.6. The smallest absolute Gasteiger partial charge is 0.227 e. The summed E-state index contributed by atoms with van der Waals surface area (Å²) in [6.45, 7) is 3.08. The number of fused-ring (bicyclic) bond motifs is 2. The number of methoxy groups -OCH3 is 1. The van der Waals surface area contributed by atoms with Crippen molar-refractivity contribution in [2.24, 2.45) is 0 Å². The molecule has 5 rings (SSSR count). The van der Waals surface area contributed by atoms with Crippen molar-refractivity contribution in [3.63, 3.8) is 0 Å². The number of carbonyl (C=O) groups excluding carboxylic acids is 1. The maximum absolute atomic E-state index is 14.6. The Hall–Kier alpha value is -2.70. The van der Waals surface area contributed by atoms with E-state index in [0.29, 0.717) is 37.4 Å². The second kappa shape index (κ2) is 7.13. The number of aryl methyl sites for hydroxylation is 1. The summed E-state index contributed by atoms with van der Waals surface area (Å²) in [6, 6.07) is 7.79. The highest BCUT2D eigenvalue weighted by atomic mass is 19.1. The first-order valence-electron chi connectivity index (χ1n) is 9.29. The van der Waals surface area contributed by atoms with Crippen molar-refractivity contribution in [1.82, 2.24) is 14.9 Å². The van der Waals surface area contributed by atoms with Crippen LogP contribution in [0, 0.1) is 5.82 Å². The zero-order chi connectivity index (χ0) is 19.0. The van der Waals surface area contributed by atoms with Crippen LogP contribution < -0.4 is 9.64 Å². The third-order valence-electron chi connectivity index (χ3n) is 5.49. The molecule has 1 aromatic heterocycles. The molecule has 0 saturated carbocycles. The Kier molecular flexibility index (Phi) is 4.68. The van der Waals surface area contributed by atoms with E-state index in [0.717, 1.165) is 17.7 Å². The number of aromatic nitrogens is 2. The molecule has 2 bridgehead atoms. The second-order valence-corrected chi connectivity index (χ2v) is 7.05. The number of piperazine rings is 1. The van der Waals surface area contributed by atoms with Crippen LogP contribution in [0.25, 0.3) is 0 Å². The lowest BCUT2D eigenvalue weighted by Gasteiger charge is -2.56. The molecule has 3 fully saturated rings. The van der Waals surface area contributed by atoms with Crippen molar-refractivity contribution in [2.45, 2.75) is 38.3 Å². The lowest BCUT2D eigenvalue weighted by atomic mass is 9.86. The molecular formula is C20H23FN4O2.